The van der Waals surface area contributed by atoms with Gasteiger partial charge in [-0.05, 0) is 65.4 Å². The average Bonchev–Trinajstić information content (AvgIpc) is 3.20. The molecule has 4 rings (SSSR count). The predicted octanol–water partition coefficient (Wildman–Crippen LogP) is 5.71. The molecule has 0 saturated heterocycles. The zero-order valence-electron chi connectivity index (χ0n) is 16.0. The van der Waals surface area contributed by atoms with E-state index in [1.165, 1.54) is 12.1 Å². The van der Waals surface area contributed by atoms with Gasteiger partial charge >= 0.3 is 5.97 Å². The van der Waals surface area contributed by atoms with Crippen LogP contribution < -0.4 is 4.74 Å². The highest BCUT2D eigenvalue weighted by atomic mass is 19.1. The van der Waals surface area contributed by atoms with Gasteiger partial charge < -0.3 is 14.8 Å². The normalized spacial score (nSPS) is 11.0. The lowest BCUT2D eigenvalue weighted by molar-refractivity contribution is -0.136. The second-order valence-electron chi connectivity index (χ2n) is 7.03. The zero-order valence-corrected chi connectivity index (χ0v) is 16.0. The molecule has 152 valence electrons. The number of carboxylic acids is 1. The van der Waals surface area contributed by atoms with Crippen molar-refractivity contribution in [1.82, 2.24) is 4.98 Å². The molecular weight excluding hydrogens is 388 g/mol. The van der Waals surface area contributed by atoms with Crippen molar-refractivity contribution in [1.29, 1.82) is 0 Å². The summed E-state index contributed by atoms with van der Waals surface area (Å²) in [5.41, 5.74) is 3.79. The quantitative estimate of drug-likeness (QED) is 0.413. The van der Waals surface area contributed by atoms with Crippen molar-refractivity contribution >= 4 is 16.9 Å². The van der Waals surface area contributed by atoms with Crippen LogP contribution in [0.2, 0.25) is 0 Å². The Bertz CT molecular complexity index is 1220. The van der Waals surface area contributed by atoms with E-state index in [2.05, 4.69) is 4.98 Å². The first-order valence-corrected chi connectivity index (χ1v) is 9.48. The number of aryl methyl sites for hydroxylation is 1. The fraction of sp³-hybridized carbons (Fsp3) is 0.125. The lowest BCUT2D eigenvalue weighted by Crippen LogP contribution is -2.02. The lowest BCUT2D eigenvalue weighted by Gasteiger charge is -2.14. The third-order valence-electron chi connectivity index (χ3n) is 4.93. The number of fused-ring (bicyclic) bond motifs is 1. The first-order valence-electron chi connectivity index (χ1n) is 9.48. The molecule has 0 spiro atoms. The molecule has 0 aliphatic carbocycles. The largest absolute Gasteiger partial charge is 0.488 e. The Morgan fingerprint density at radius 3 is 2.67 bits per heavy atom. The number of hydrogen-bond acceptors (Lipinski definition) is 2. The fourth-order valence-corrected chi connectivity index (χ4v) is 3.35. The summed E-state index contributed by atoms with van der Waals surface area (Å²) in [6.07, 6.45) is 2.27. The maximum atomic E-state index is 14.0. The summed E-state index contributed by atoms with van der Waals surface area (Å²) in [6.45, 7) is -0.0556. The SMILES string of the molecule is O=C(O)CCc1ccc(OCc2ccc(F)cc2F)c(-c2ccc3[nH]ccc3c2)c1. The Morgan fingerprint density at radius 1 is 1.00 bits per heavy atom. The van der Waals surface area contributed by atoms with Gasteiger partial charge in [-0.15, -0.1) is 0 Å². The van der Waals surface area contributed by atoms with Crippen LogP contribution in [-0.2, 0) is 17.8 Å². The van der Waals surface area contributed by atoms with Gasteiger partial charge in [-0.25, -0.2) is 8.78 Å². The second-order valence-corrected chi connectivity index (χ2v) is 7.03. The molecule has 0 saturated carbocycles. The highest BCUT2D eigenvalue weighted by Gasteiger charge is 2.12. The molecule has 3 aromatic carbocycles. The van der Waals surface area contributed by atoms with Crippen LogP contribution in [0.3, 0.4) is 0 Å². The molecule has 2 N–H and O–H groups in total. The van der Waals surface area contributed by atoms with E-state index in [4.69, 9.17) is 9.84 Å². The van der Waals surface area contributed by atoms with Crippen molar-refractivity contribution in [2.24, 2.45) is 0 Å². The average molecular weight is 407 g/mol. The number of nitrogens with one attached hydrogen (secondary N) is 1. The summed E-state index contributed by atoms with van der Waals surface area (Å²) in [7, 11) is 0. The van der Waals surface area contributed by atoms with E-state index in [1.807, 2.05) is 36.5 Å². The number of aromatic amines is 1. The van der Waals surface area contributed by atoms with E-state index in [-0.39, 0.29) is 18.6 Å². The van der Waals surface area contributed by atoms with Gasteiger partial charge in [0.2, 0.25) is 0 Å². The highest BCUT2D eigenvalue weighted by Crippen LogP contribution is 2.34. The number of carboxylic acid groups (broad SMARTS) is 1. The van der Waals surface area contributed by atoms with E-state index >= 15 is 0 Å². The predicted molar refractivity (Wildman–Crippen MR) is 110 cm³/mol. The summed E-state index contributed by atoms with van der Waals surface area (Å²) in [6, 6.07) is 16.7. The van der Waals surface area contributed by atoms with E-state index in [0.29, 0.717) is 12.2 Å². The smallest absolute Gasteiger partial charge is 0.303 e. The Kier molecular flexibility index (Phi) is 5.48. The molecule has 0 amide bonds. The van der Waals surface area contributed by atoms with Crippen LogP contribution in [0.4, 0.5) is 8.78 Å². The number of hydrogen-bond donors (Lipinski definition) is 2. The van der Waals surface area contributed by atoms with E-state index < -0.39 is 17.6 Å². The van der Waals surface area contributed by atoms with Crippen LogP contribution in [0.5, 0.6) is 5.75 Å². The standard InChI is InChI=1S/C24H19F2NO3/c25-19-5-3-18(21(26)13-19)14-30-23-7-1-15(2-8-24(28)29)11-20(23)16-4-6-22-17(12-16)9-10-27-22/h1,3-7,9-13,27H,2,8,14H2,(H,28,29). The van der Waals surface area contributed by atoms with Gasteiger partial charge in [0.1, 0.15) is 24.0 Å². The number of rotatable bonds is 7. The van der Waals surface area contributed by atoms with Crippen LogP contribution >= 0.6 is 0 Å². The minimum absolute atomic E-state index is 0.0251. The third-order valence-corrected chi connectivity index (χ3v) is 4.93. The van der Waals surface area contributed by atoms with Gasteiger partial charge in [-0.2, -0.15) is 0 Å². The van der Waals surface area contributed by atoms with Crippen molar-refractivity contribution in [3.8, 4) is 16.9 Å². The van der Waals surface area contributed by atoms with Crippen LogP contribution in [0, 0.1) is 11.6 Å². The number of ether oxygens (including phenoxy) is 1. The van der Waals surface area contributed by atoms with Gasteiger partial charge in [0.05, 0.1) is 0 Å². The summed E-state index contributed by atoms with van der Waals surface area (Å²) in [5.74, 6) is -1.63. The fourth-order valence-electron chi connectivity index (χ4n) is 3.35. The zero-order chi connectivity index (χ0) is 21.1. The van der Waals surface area contributed by atoms with E-state index in [1.54, 1.807) is 12.1 Å². The highest BCUT2D eigenvalue weighted by molar-refractivity contribution is 5.86. The van der Waals surface area contributed by atoms with Gasteiger partial charge in [0.15, 0.2) is 0 Å². The third kappa shape index (κ3) is 4.33. The Morgan fingerprint density at radius 2 is 1.87 bits per heavy atom. The monoisotopic (exact) mass is 407 g/mol. The molecule has 4 aromatic rings. The summed E-state index contributed by atoms with van der Waals surface area (Å²) in [5, 5.41) is 10.0. The molecule has 6 heteroatoms. The molecule has 0 atom stereocenters. The molecule has 0 fully saturated rings. The molecule has 0 aliphatic heterocycles. The molecule has 1 heterocycles. The molecule has 30 heavy (non-hydrogen) atoms. The number of benzene rings is 3. The van der Waals surface area contributed by atoms with Crippen LogP contribution in [0.1, 0.15) is 17.5 Å². The van der Waals surface area contributed by atoms with Crippen molar-refractivity contribution < 1.29 is 23.4 Å². The minimum Gasteiger partial charge on any atom is -0.488 e. The first kappa shape index (κ1) is 19.6. The van der Waals surface area contributed by atoms with Crippen LogP contribution in [0.25, 0.3) is 22.0 Å². The number of halogens is 2. The molecule has 1 aromatic heterocycles. The second kappa shape index (κ2) is 8.37. The molecule has 0 bridgehead atoms. The van der Waals surface area contributed by atoms with Crippen LogP contribution in [-0.4, -0.2) is 16.1 Å². The number of aliphatic carboxylic acids is 1. The molecule has 0 unspecified atom stereocenters. The maximum absolute atomic E-state index is 14.0. The Balaban J connectivity index is 1.68. The van der Waals surface area contributed by atoms with Crippen LogP contribution in [0.15, 0.2) is 66.9 Å². The summed E-state index contributed by atoms with van der Waals surface area (Å²) < 4.78 is 33.0. The van der Waals surface area contributed by atoms with Crippen molar-refractivity contribution in [2.45, 2.75) is 19.4 Å². The van der Waals surface area contributed by atoms with E-state index in [9.17, 15) is 13.6 Å². The maximum Gasteiger partial charge on any atom is 0.303 e. The molecular formula is C24H19F2NO3. The Labute approximate surface area is 171 Å². The van der Waals surface area contributed by atoms with Gasteiger partial charge in [-0.3, -0.25) is 4.79 Å². The minimum atomic E-state index is -0.864. The van der Waals surface area contributed by atoms with Crippen molar-refractivity contribution in [3.63, 3.8) is 0 Å². The molecule has 0 radical (unpaired) electrons. The first-order chi connectivity index (χ1) is 14.5. The van der Waals surface area contributed by atoms with Gasteiger partial charge in [0, 0.05) is 35.3 Å². The van der Waals surface area contributed by atoms with Gasteiger partial charge in [-0.1, -0.05) is 12.1 Å². The number of carbonyl (C=O) groups is 1. The Hall–Kier alpha value is -3.67. The summed E-state index contributed by atoms with van der Waals surface area (Å²) >= 11 is 0. The van der Waals surface area contributed by atoms with Crippen molar-refractivity contribution in [2.75, 3.05) is 0 Å². The van der Waals surface area contributed by atoms with E-state index in [0.717, 1.165) is 33.7 Å². The molecule has 4 nitrogen and oxygen atoms in total. The topological polar surface area (TPSA) is 62.3 Å². The summed E-state index contributed by atoms with van der Waals surface area (Å²) in [4.78, 5) is 14.1. The number of aromatic nitrogens is 1. The van der Waals surface area contributed by atoms with Gasteiger partial charge in [0.25, 0.3) is 0 Å². The number of H-pyrrole nitrogens is 1. The van der Waals surface area contributed by atoms with Crippen molar-refractivity contribution in [3.05, 3.63) is 89.6 Å². The molecule has 0 aliphatic rings. The lowest BCUT2D eigenvalue weighted by atomic mass is 9.99.